The molecule has 0 saturated carbocycles. The van der Waals surface area contributed by atoms with Gasteiger partial charge < -0.3 is 11.1 Å². The molecule has 5 nitrogen and oxygen atoms in total. The zero-order chi connectivity index (χ0) is 16.1. The van der Waals surface area contributed by atoms with Crippen LogP contribution in [0.2, 0.25) is 0 Å². The molecule has 1 aromatic heterocycles. The predicted octanol–water partition coefficient (Wildman–Crippen LogP) is 3.14. The Morgan fingerprint density at radius 3 is 2.68 bits per heavy atom. The minimum Gasteiger partial charge on any atom is -0.370 e. The van der Waals surface area contributed by atoms with Gasteiger partial charge in [0, 0.05) is 11.4 Å². The van der Waals surface area contributed by atoms with E-state index in [1.165, 1.54) is 5.56 Å². The predicted molar refractivity (Wildman–Crippen MR) is 91.0 cm³/mol. The number of aryl methyl sites for hydroxylation is 2. The monoisotopic (exact) mass is 297 g/mol. The first-order valence-electron chi connectivity index (χ1n) is 7.42. The van der Waals surface area contributed by atoms with Crippen LogP contribution < -0.4 is 11.1 Å². The second kappa shape index (κ2) is 7.02. The van der Waals surface area contributed by atoms with E-state index in [0.29, 0.717) is 18.4 Å². The van der Waals surface area contributed by atoms with Crippen LogP contribution in [0.25, 0.3) is 0 Å². The van der Waals surface area contributed by atoms with Crippen molar-refractivity contribution in [2.24, 2.45) is 10.7 Å². The van der Waals surface area contributed by atoms with Gasteiger partial charge in [0.05, 0.1) is 12.2 Å². The van der Waals surface area contributed by atoms with Crippen LogP contribution >= 0.6 is 0 Å². The molecule has 2 aromatic rings. The average molecular weight is 297 g/mol. The van der Waals surface area contributed by atoms with Crippen molar-refractivity contribution < 1.29 is 0 Å². The lowest BCUT2D eigenvalue weighted by Gasteiger charge is -2.10. The second-order valence-corrected chi connectivity index (χ2v) is 5.65. The van der Waals surface area contributed by atoms with E-state index in [1.54, 1.807) is 0 Å². The highest BCUT2D eigenvalue weighted by molar-refractivity contribution is 5.92. The number of hydrogen-bond donors (Lipinski definition) is 2. The Balaban J connectivity index is 2.05. The summed E-state index contributed by atoms with van der Waals surface area (Å²) < 4.78 is 0. The quantitative estimate of drug-likeness (QED) is 0.671. The van der Waals surface area contributed by atoms with E-state index in [-0.39, 0.29) is 0 Å². The SMILES string of the molecule is Cc1cc(CN=C(N)Nc2cccc(C(C)C)c2)nc(C)n1. The molecule has 116 valence electrons. The minimum atomic E-state index is 0.384. The number of hydrogen-bond acceptors (Lipinski definition) is 3. The van der Waals surface area contributed by atoms with Gasteiger partial charge in [-0.05, 0) is 43.5 Å². The van der Waals surface area contributed by atoms with E-state index in [9.17, 15) is 0 Å². The molecular formula is C17H23N5. The van der Waals surface area contributed by atoms with Crippen LogP contribution in [0.5, 0.6) is 0 Å². The van der Waals surface area contributed by atoms with Crippen LogP contribution in [0.4, 0.5) is 5.69 Å². The van der Waals surface area contributed by atoms with Crippen molar-refractivity contribution in [2.75, 3.05) is 5.32 Å². The lowest BCUT2D eigenvalue weighted by molar-refractivity contribution is 0.867. The molecule has 2 rings (SSSR count). The van der Waals surface area contributed by atoms with Gasteiger partial charge in [0.25, 0.3) is 0 Å². The maximum atomic E-state index is 5.95. The summed E-state index contributed by atoms with van der Waals surface area (Å²) in [6, 6.07) is 10.1. The molecule has 5 heteroatoms. The van der Waals surface area contributed by atoms with E-state index >= 15 is 0 Å². The Labute approximate surface area is 131 Å². The maximum absolute atomic E-state index is 5.95. The van der Waals surface area contributed by atoms with Gasteiger partial charge in [-0.1, -0.05) is 26.0 Å². The van der Waals surface area contributed by atoms with Gasteiger partial charge in [-0.25, -0.2) is 15.0 Å². The topological polar surface area (TPSA) is 76.2 Å². The Bertz CT molecular complexity index is 656. The van der Waals surface area contributed by atoms with E-state index in [4.69, 9.17) is 5.73 Å². The Kier molecular flexibility index (Phi) is 5.09. The highest BCUT2D eigenvalue weighted by Gasteiger charge is 2.02. The molecule has 0 amide bonds. The number of guanidine groups is 1. The van der Waals surface area contributed by atoms with Crippen molar-refractivity contribution in [1.82, 2.24) is 9.97 Å². The van der Waals surface area contributed by atoms with Crippen molar-refractivity contribution in [1.29, 1.82) is 0 Å². The molecule has 22 heavy (non-hydrogen) atoms. The first-order valence-corrected chi connectivity index (χ1v) is 7.42. The molecule has 1 heterocycles. The molecule has 0 atom stereocenters. The highest BCUT2D eigenvalue weighted by atomic mass is 15.1. The summed E-state index contributed by atoms with van der Waals surface area (Å²) in [5, 5.41) is 3.12. The first-order chi connectivity index (χ1) is 10.4. The summed E-state index contributed by atoms with van der Waals surface area (Å²) in [4.78, 5) is 12.9. The molecule has 3 N–H and O–H groups in total. The fourth-order valence-corrected chi connectivity index (χ4v) is 2.20. The van der Waals surface area contributed by atoms with Crippen LogP contribution in [0, 0.1) is 13.8 Å². The first kappa shape index (κ1) is 15.9. The van der Waals surface area contributed by atoms with Crippen molar-refractivity contribution in [3.63, 3.8) is 0 Å². The number of aliphatic imine (C=N–C) groups is 1. The van der Waals surface area contributed by atoms with Crippen LogP contribution in [-0.4, -0.2) is 15.9 Å². The van der Waals surface area contributed by atoms with Gasteiger partial charge in [0.2, 0.25) is 0 Å². The molecule has 0 bridgehead atoms. The minimum absolute atomic E-state index is 0.384. The fourth-order valence-electron chi connectivity index (χ4n) is 2.20. The molecule has 0 spiro atoms. The van der Waals surface area contributed by atoms with E-state index < -0.39 is 0 Å². The summed E-state index contributed by atoms with van der Waals surface area (Å²) in [6.07, 6.45) is 0. The summed E-state index contributed by atoms with van der Waals surface area (Å²) >= 11 is 0. The zero-order valence-electron chi connectivity index (χ0n) is 13.6. The third-order valence-corrected chi connectivity index (χ3v) is 3.26. The normalized spacial score (nSPS) is 11.8. The molecule has 0 fully saturated rings. The van der Waals surface area contributed by atoms with Gasteiger partial charge in [-0.3, -0.25) is 0 Å². The number of nitrogens with one attached hydrogen (secondary N) is 1. The average Bonchev–Trinajstić information content (AvgIpc) is 2.44. The lowest BCUT2D eigenvalue weighted by Crippen LogP contribution is -2.22. The van der Waals surface area contributed by atoms with Crippen LogP contribution in [0.3, 0.4) is 0 Å². The third kappa shape index (κ3) is 4.55. The van der Waals surface area contributed by atoms with Gasteiger partial charge in [-0.2, -0.15) is 0 Å². The van der Waals surface area contributed by atoms with Gasteiger partial charge >= 0.3 is 0 Å². The lowest BCUT2D eigenvalue weighted by atomic mass is 10.0. The molecule has 0 aliphatic heterocycles. The Morgan fingerprint density at radius 2 is 2.00 bits per heavy atom. The number of aromatic nitrogens is 2. The summed E-state index contributed by atoms with van der Waals surface area (Å²) in [5.74, 6) is 1.61. The van der Waals surface area contributed by atoms with E-state index in [1.807, 2.05) is 32.0 Å². The summed E-state index contributed by atoms with van der Waals surface area (Å²) in [7, 11) is 0. The van der Waals surface area contributed by atoms with Gasteiger partial charge in [0.1, 0.15) is 5.82 Å². The third-order valence-electron chi connectivity index (χ3n) is 3.26. The largest absolute Gasteiger partial charge is 0.370 e. The van der Waals surface area contributed by atoms with Crippen LogP contribution in [-0.2, 0) is 6.54 Å². The van der Waals surface area contributed by atoms with E-state index in [0.717, 1.165) is 22.9 Å². The van der Waals surface area contributed by atoms with Gasteiger partial charge in [0.15, 0.2) is 5.96 Å². The fraction of sp³-hybridized carbons (Fsp3) is 0.353. The molecule has 0 aliphatic carbocycles. The molecule has 0 radical (unpaired) electrons. The number of benzene rings is 1. The zero-order valence-corrected chi connectivity index (χ0v) is 13.6. The molecule has 0 unspecified atom stereocenters. The number of nitrogens with two attached hydrogens (primary N) is 1. The van der Waals surface area contributed by atoms with Crippen LogP contribution in [0.15, 0.2) is 35.3 Å². The second-order valence-electron chi connectivity index (χ2n) is 5.65. The molecule has 1 aromatic carbocycles. The summed E-state index contributed by atoms with van der Waals surface area (Å²) in [5.41, 5.74) is 9.97. The van der Waals surface area contributed by atoms with Crippen molar-refractivity contribution in [3.8, 4) is 0 Å². The van der Waals surface area contributed by atoms with Crippen molar-refractivity contribution in [3.05, 3.63) is 53.1 Å². The Hall–Kier alpha value is -2.43. The molecule has 0 aliphatic rings. The summed E-state index contributed by atoms with van der Waals surface area (Å²) in [6.45, 7) is 8.58. The van der Waals surface area contributed by atoms with Crippen molar-refractivity contribution in [2.45, 2.75) is 40.2 Å². The Morgan fingerprint density at radius 1 is 1.23 bits per heavy atom. The highest BCUT2D eigenvalue weighted by Crippen LogP contribution is 2.18. The number of anilines is 1. The molecular weight excluding hydrogens is 274 g/mol. The molecule has 0 saturated heterocycles. The van der Waals surface area contributed by atoms with Gasteiger partial charge in [-0.15, -0.1) is 0 Å². The smallest absolute Gasteiger partial charge is 0.193 e. The van der Waals surface area contributed by atoms with Crippen molar-refractivity contribution >= 4 is 11.6 Å². The number of nitrogens with zero attached hydrogens (tertiary/aromatic N) is 3. The van der Waals surface area contributed by atoms with Crippen LogP contribution in [0.1, 0.15) is 42.5 Å². The number of rotatable bonds is 4. The maximum Gasteiger partial charge on any atom is 0.193 e. The van der Waals surface area contributed by atoms with E-state index in [2.05, 4.69) is 46.3 Å². The standard InChI is InChI=1S/C17H23N5/c1-11(2)14-6-5-7-15(9-14)22-17(18)19-10-16-8-12(3)20-13(4)21-16/h5-9,11H,10H2,1-4H3,(H3,18,19,22).